The van der Waals surface area contributed by atoms with Gasteiger partial charge in [0.1, 0.15) is 0 Å². The molecule has 2 saturated heterocycles. The Kier molecular flexibility index (Phi) is 5.35. The van der Waals surface area contributed by atoms with Crippen LogP contribution in [0, 0.1) is 0 Å². The summed E-state index contributed by atoms with van der Waals surface area (Å²) in [5.41, 5.74) is 2.39. The van der Waals surface area contributed by atoms with Gasteiger partial charge in [-0.05, 0) is 45.3 Å². The Balaban J connectivity index is 1.51. The van der Waals surface area contributed by atoms with Crippen molar-refractivity contribution in [2.24, 2.45) is 0 Å². The summed E-state index contributed by atoms with van der Waals surface area (Å²) in [6, 6.07) is 8.27. The number of pyridine rings is 1. The van der Waals surface area contributed by atoms with E-state index in [0.29, 0.717) is 0 Å². The molecule has 0 spiro atoms. The van der Waals surface area contributed by atoms with Crippen molar-refractivity contribution in [3.8, 4) is 0 Å². The minimum Gasteiger partial charge on any atom is -0.399 e. The molecular weight excluding hydrogens is 353 g/mol. The highest BCUT2D eigenvalue weighted by Gasteiger charge is 2.51. The predicted octanol–water partition coefficient (Wildman–Crippen LogP) is 2.28. The van der Waals surface area contributed by atoms with Crippen LogP contribution in [0.5, 0.6) is 0 Å². The van der Waals surface area contributed by atoms with Gasteiger partial charge >= 0.3 is 7.12 Å². The summed E-state index contributed by atoms with van der Waals surface area (Å²) >= 11 is 0. The van der Waals surface area contributed by atoms with E-state index in [1.807, 2.05) is 18.3 Å². The van der Waals surface area contributed by atoms with E-state index in [2.05, 4.69) is 55.0 Å². The number of fused-ring (bicyclic) bond motifs is 1. The van der Waals surface area contributed by atoms with Gasteiger partial charge in [-0.2, -0.15) is 0 Å². The molecule has 0 amide bonds. The van der Waals surface area contributed by atoms with Crippen molar-refractivity contribution in [3.63, 3.8) is 0 Å². The number of hydrogen-bond acceptors (Lipinski definition) is 6. The van der Waals surface area contributed by atoms with Crippen LogP contribution >= 0.6 is 0 Å². The Labute approximate surface area is 167 Å². The van der Waals surface area contributed by atoms with Crippen LogP contribution in [-0.2, 0) is 14.0 Å². The van der Waals surface area contributed by atoms with Gasteiger partial charge in [0.15, 0.2) is 0 Å². The largest absolute Gasteiger partial charge is 0.494 e. The molecule has 2 fully saturated rings. The van der Waals surface area contributed by atoms with Crippen LogP contribution in [0.2, 0.25) is 0 Å². The fraction of sp³-hybridized carbons (Fsp3) is 0.571. The van der Waals surface area contributed by atoms with Gasteiger partial charge in [0.2, 0.25) is 0 Å². The predicted molar refractivity (Wildman–Crippen MR) is 113 cm³/mol. The second kappa shape index (κ2) is 7.63. The summed E-state index contributed by atoms with van der Waals surface area (Å²) < 4.78 is 17.9. The van der Waals surface area contributed by atoms with Crippen molar-refractivity contribution in [3.05, 3.63) is 30.5 Å². The lowest BCUT2D eigenvalue weighted by molar-refractivity contribution is 0.00578. The molecule has 28 heavy (non-hydrogen) atoms. The lowest BCUT2D eigenvalue weighted by Crippen LogP contribution is -2.41. The Morgan fingerprint density at radius 3 is 2.50 bits per heavy atom. The van der Waals surface area contributed by atoms with Crippen LogP contribution in [0.3, 0.4) is 0 Å². The smallest absolute Gasteiger partial charge is 0.399 e. The first kappa shape index (κ1) is 19.6. The number of rotatable bonds is 5. The number of nitrogens with zero attached hydrogens (tertiary/aromatic N) is 2. The van der Waals surface area contributed by atoms with Crippen LogP contribution in [-0.4, -0.2) is 67.6 Å². The van der Waals surface area contributed by atoms with Crippen molar-refractivity contribution < 1.29 is 14.0 Å². The maximum atomic E-state index is 6.22. The molecule has 1 aromatic carbocycles. The molecule has 0 saturated carbocycles. The summed E-state index contributed by atoms with van der Waals surface area (Å²) in [5, 5.41) is 4.68. The average Bonchev–Trinajstić information content (AvgIpc) is 2.90. The third-order valence-electron chi connectivity index (χ3n) is 6.14. The molecule has 2 aliphatic heterocycles. The molecular formula is C21H30BN3O3. The fourth-order valence-corrected chi connectivity index (χ4v) is 3.62. The van der Waals surface area contributed by atoms with Gasteiger partial charge in [-0.15, -0.1) is 0 Å². The van der Waals surface area contributed by atoms with Crippen molar-refractivity contribution in [2.45, 2.75) is 38.9 Å². The normalized spacial score (nSPS) is 21.9. The second-order valence-corrected chi connectivity index (χ2v) is 8.60. The van der Waals surface area contributed by atoms with E-state index < -0.39 is 0 Å². The summed E-state index contributed by atoms with van der Waals surface area (Å²) in [7, 11) is -0.365. The third-order valence-corrected chi connectivity index (χ3v) is 6.14. The minimum absolute atomic E-state index is 0.346. The zero-order valence-electron chi connectivity index (χ0n) is 17.3. The molecule has 6 nitrogen and oxygen atoms in total. The van der Waals surface area contributed by atoms with Gasteiger partial charge in [-0.3, -0.25) is 9.88 Å². The molecule has 0 aliphatic carbocycles. The SMILES string of the molecule is CC1(C)OB(c2ccc3nccc(NCCN4CCOCC4)c3c2)OC1(C)C. The molecule has 0 atom stereocenters. The number of anilines is 1. The number of ether oxygens (including phenoxy) is 1. The zero-order valence-corrected chi connectivity index (χ0v) is 17.3. The number of aromatic nitrogens is 1. The maximum absolute atomic E-state index is 6.22. The van der Waals surface area contributed by atoms with Gasteiger partial charge in [-0.1, -0.05) is 12.1 Å². The van der Waals surface area contributed by atoms with E-state index in [1.54, 1.807) is 0 Å². The van der Waals surface area contributed by atoms with Crippen molar-refractivity contribution >= 4 is 29.2 Å². The highest BCUT2D eigenvalue weighted by atomic mass is 16.7. The first-order chi connectivity index (χ1) is 13.4. The van der Waals surface area contributed by atoms with Gasteiger partial charge in [0, 0.05) is 43.4 Å². The molecule has 2 aromatic rings. The lowest BCUT2D eigenvalue weighted by atomic mass is 9.78. The van der Waals surface area contributed by atoms with Crippen LogP contribution in [0.1, 0.15) is 27.7 Å². The minimum atomic E-state index is -0.365. The van der Waals surface area contributed by atoms with Crippen LogP contribution in [0.15, 0.2) is 30.5 Å². The molecule has 3 heterocycles. The number of morpholine rings is 1. The Hall–Kier alpha value is -1.67. The molecule has 0 radical (unpaired) electrons. The average molecular weight is 383 g/mol. The van der Waals surface area contributed by atoms with Crippen molar-refractivity contribution in [2.75, 3.05) is 44.7 Å². The zero-order chi connectivity index (χ0) is 19.8. The van der Waals surface area contributed by atoms with Crippen LogP contribution in [0.4, 0.5) is 5.69 Å². The monoisotopic (exact) mass is 383 g/mol. The summed E-state index contributed by atoms with van der Waals surface area (Å²) in [6.45, 7) is 13.9. The summed E-state index contributed by atoms with van der Waals surface area (Å²) in [6.07, 6.45) is 1.86. The summed E-state index contributed by atoms with van der Waals surface area (Å²) in [5.74, 6) is 0. The third kappa shape index (κ3) is 3.89. The van der Waals surface area contributed by atoms with E-state index in [4.69, 9.17) is 14.0 Å². The van der Waals surface area contributed by atoms with Crippen LogP contribution in [0.25, 0.3) is 10.9 Å². The molecule has 0 unspecified atom stereocenters. The van der Waals surface area contributed by atoms with E-state index in [1.165, 1.54) is 0 Å². The van der Waals surface area contributed by atoms with E-state index >= 15 is 0 Å². The standard InChI is InChI=1S/C21H30BN3O3/c1-20(2)21(3,4)28-22(27-20)16-5-6-18-17(15-16)19(7-8-23-18)24-9-10-25-11-13-26-14-12-25/h5-8,15H,9-14H2,1-4H3,(H,23,24). The van der Waals surface area contributed by atoms with Gasteiger partial charge < -0.3 is 19.4 Å². The number of hydrogen-bond donors (Lipinski definition) is 1. The first-order valence-electron chi connectivity index (χ1n) is 10.1. The summed E-state index contributed by atoms with van der Waals surface area (Å²) in [4.78, 5) is 6.94. The number of nitrogens with one attached hydrogen (secondary N) is 1. The molecule has 7 heteroatoms. The molecule has 4 rings (SSSR count). The quantitative estimate of drug-likeness (QED) is 0.800. The van der Waals surface area contributed by atoms with Gasteiger partial charge in [0.25, 0.3) is 0 Å². The molecule has 1 N–H and O–H groups in total. The van der Waals surface area contributed by atoms with Crippen molar-refractivity contribution in [1.29, 1.82) is 0 Å². The maximum Gasteiger partial charge on any atom is 0.494 e. The Morgan fingerprint density at radius 1 is 1.07 bits per heavy atom. The van der Waals surface area contributed by atoms with Crippen molar-refractivity contribution in [1.82, 2.24) is 9.88 Å². The van der Waals surface area contributed by atoms with Crippen LogP contribution < -0.4 is 10.8 Å². The fourth-order valence-electron chi connectivity index (χ4n) is 3.62. The Morgan fingerprint density at radius 2 is 1.79 bits per heavy atom. The van der Waals surface area contributed by atoms with Gasteiger partial charge in [-0.25, -0.2) is 0 Å². The molecule has 0 bridgehead atoms. The highest BCUT2D eigenvalue weighted by molar-refractivity contribution is 6.62. The topological polar surface area (TPSA) is 55.9 Å². The van der Waals surface area contributed by atoms with E-state index in [0.717, 1.165) is 61.4 Å². The Bertz CT molecular complexity index is 821. The lowest BCUT2D eigenvalue weighted by Gasteiger charge is -2.32. The second-order valence-electron chi connectivity index (χ2n) is 8.60. The van der Waals surface area contributed by atoms with Gasteiger partial charge in [0.05, 0.1) is 29.9 Å². The first-order valence-corrected chi connectivity index (χ1v) is 10.1. The molecule has 2 aliphatic rings. The molecule has 150 valence electrons. The molecule has 1 aromatic heterocycles. The van der Waals surface area contributed by atoms with E-state index in [9.17, 15) is 0 Å². The van der Waals surface area contributed by atoms with E-state index in [-0.39, 0.29) is 18.3 Å². The number of benzene rings is 1. The highest BCUT2D eigenvalue weighted by Crippen LogP contribution is 2.36.